The van der Waals surface area contributed by atoms with Crippen molar-refractivity contribution in [1.29, 1.82) is 0 Å². The van der Waals surface area contributed by atoms with E-state index in [1.165, 1.54) is 25.7 Å². The summed E-state index contributed by atoms with van der Waals surface area (Å²) in [5.74, 6) is 0. The van der Waals surface area contributed by atoms with Gasteiger partial charge in [0.1, 0.15) is 6.67 Å². The number of halogens is 1. The van der Waals surface area contributed by atoms with Gasteiger partial charge in [-0.05, 0) is 12.8 Å². The minimum Gasteiger partial charge on any atom is -0.372 e. The van der Waals surface area contributed by atoms with Crippen LogP contribution in [0.25, 0.3) is 0 Å². The van der Waals surface area contributed by atoms with Crippen LogP contribution >= 0.6 is 0 Å². The van der Waals surface area contributed by atoms with Gasteiger partial charge in [-0.2, -0.15) is 0 Å². The predicted molar refractivity (Wildman–Crippen MR) is 44.9 cm³/mol. The number of ether oxygens (including phenoxy) is 1. The van der Waals surface area contributed by atoms with Crippen LogP contribution in [0.3, 0.4) is 0 Å². The van der Waals surface area contributed by atoms with E-state index in [1.807, 2.05) is 0 Å². The van der Waals surface area contributed by atoms with Crippen LogP contribution in [0.15, 0.2) is 0 Å². The highest BCUT2D eigenvalue weighted by atomic mass is 19.1. The van der Waals surface area contributed by atoms with E-state index in [0.29, 0.717) is 13.2 Å². The molecule has 2 aliphatic rings. The van der Waals surface area contributed by atoms with Crippen LogP contribution in [0.1, 0.15) is 25.7 Å². The number of alkyl halides is 1. The van der Waals surface area contributed by atoms with Crippen LogP contribution in [-0.2, 0) is 4.74 Å². The van der Waals surface area contributed by atoms with Gasteiger partial charge in [0.15, 0.2) is 0 Å². The molecule has 0 aromatic heterocycles. The molecule has 1 spiro atoms. The lowest BCUT2D eigenvalue weighted by atomic mass is 9.97. The molecule has 0 amide bonds. The Morgan fingerprint density at radius 1 is 1.42 bits per heavy atom. The molecule has 1 atom stereocenters. The zero-order chi connectivity index (χ0) is 8.44. The van der Waals surface area contributed by atoms with Crippen molar-refractivity contribution in [3.05, 3.63) is 0 Å². The van der Waals surface area contributed by atoms with Crippen LogP contribution in [-0.4, -0.2) is 31.5 Å². The van der Waals surface area contributed by atoms with Gasteiger partial charge in [-0.3, -0.25) is 0 Å². The Morgan fingerprint density at radius 3 is 2.67 bits per heavy atom. The largest absolute Gasteiger partial charge is 0.372 e. The summed E-state index contributed by atoms with van der Waals surface area (Å²) in [5, 5.41) is 3.43. The van der Waals surface area contributed by atoms with Gasteiger partial charge in [0.25, 0.3) is 0 Å². The van der Waals surface area contributed by atoms with Gasteiger partial charge >= 0.3 is 0 Å². The number of morpholine rings is 1. The van der Waals surface area contributed by atoms with Crippen molar-refractivity contribution in [2.75, 3.05) is 19.8 Å². The number of nitrogens with one attached hydrogen (secondary N) is 1. The number of rotatable bonds is 1. The molecule has 3 heteroatoms. The minimum atomic E-state index is -0.358. The molecule has 1 aliphatic heterocycles. The van der Waals surface area contributed by atoms with Gasteiger partial charge in [0, 0.05) is 12.1 Å². The fourth-order valence-corrected chi connectivity index (χ4v) is 2.19. The highest BCUT2D eigenvalue weighted by molar-refractivity contribution is 4.95. The van der Waals surface area contributed by atoms with Gasteiger partial charge in [-0.25, -0.2) is 4.39 Å². The molecular formula is C9H16FNO. The summed E-state index contributed by atoms with van der Waals surface area (Å²) in [6.07, 6.45) is 4.78. The maximum absolute atomic E-state index is 12.2. The summed E-state index contributed by atoms with van der Waals surface area (Å²) in [7, 11) is 0. The molecule has 1 saturated heterocycles. The molecule has 1 aliphatic carbocycles. The molecule has 2 fully saturated rings. The van der Waals surface area contributed by atoms with Crippen molar-refractivity contribution >= 4 is 0 Å². The fourth-order valence-electron chi connectivity index (χ4n) is 2.19. The molecule has 1 heterocycles. The lowest BCUT2D eigenvalue weighted by Gasteiger charge is -2.37. The Balaban J connectivity index is 1.88. The second-order valence-electron chi connectivity index (χ2n) is 3.96. The highest BCUT2D eigenvalue weighted by Crippen LogP contribution is 2.31. The standard InChI is InChI=1S/C9H16FNO/c10-5-8-6-11-9(7-12-8)3-1-2-4-9/h8,11H,1-7H2. The average Bonchev–Trinajstić information content (AvgIpc) is 2.55. The van der Waals surface area contributed by atoms with E-state index in [2.05, 4.69) is 5.32 Å². The van der Waals surface area contributed by atoms with Crippen molar-refractivity contribution in [3.8, 4) is 0 Å². The lowest BCUT2D eigenvalue weighted by molar-refractivity contribution is -0.0405. The molecule has 1 N–H and O–H groups in total. The van der Waals surface area contributed by atoms with E-state index in [9.17, 15) is 4.39 Å². The quantitative estimate of drug-likeness (QED) is 0.644. The van der Waals surface area contributed by atoms with Crippen LogP contribution in [0, 0.1) is 0 Å². The molecule has 0 aromatic rings. The van der Waals surface area contributed by atoms with E-state index >= 15 is 0 Å². The summed E-state index contributed by atoms with van der Waals surface area (Å²) in [6.45, 7) is 1.04. The smallest absolute Gasteiger partial charge is 0.117 e. The zero-order valence-corrected chi connectivity index (χ0v) is 7.31. The summed E-state index contributed by atoms with van der Waals surface area (Å²) in [4.78, 5) is 0. The van der Waals surface area contributed by atoms with Gasteiger partial charge in [-0.15, -0.1) is 0 Å². The van der Waals surface area contributed by atoms with Gasteiger partial charge < -0.3 is 10.1 Å². The third-order valence-corrected chi connectivity index (χ3v) is 3.03. The average molecular weight is 173 g/mol. The third kappa shape index (κ3) is 1.48. The maximum atomic E-state index is 12.2. The van der Waals surface area contributed by atoms with E-state index in [1.54, 1.807) is 0 Å². The predicted octanol–water partition coefficient (Wildman–Crippen LogP) is 1.26. The molecule has 1 saturated carbocycles. The zero-order valence-electron chi connectivity index (χ0n) is 7.31. The Kier molecular flexibility index (Phi) is 2.33. The normalized spacial score (nSPS) is 34.2. The summed E-state index contributed by atoms with van der Waals surface area (Å²) in [6, 6.07) is 0. The molecule has 0 bridgehead atoms. The summed E-state index contributed by atoms with van der Waals surface area (Å²) < 4.78 is 17.6. The molecule has 1 unspecified atom stereocenters. The first-order chi connectivity index (χ1) is 5.85. The van der Waals surface area contributed by atoms with Crippen LogP contribution in [0.4, 0.5) is 4.39 Å². The molecule has 12 heavy (non-hydrogen) atoms. The lowest BCUT2D eigenvalue weighted by Crippen LogP contribution is -2.55. The second kappa shape index (κ2) is 3.30. The first-order valence-corrected chi connectivity index (χ1v) is 4.77. The van der Waals surface area contributed by atoms with Crippen LogP contribution < -0.4 is 5.32 Å². The maximum Gasteiger partial charge on any atom is 0.117 e. The van der Waals surface area contributed by atoms with Crippen molar-refractivity contribution in [1.82, 2.24) is 5.32 Å². The Hall–Kier alpha value is -0.150. The monoisotopic (exact) mass is 173 g/mol. The minimum absolute atomic E-state index is 0.198. The number of hydrogen-bond donors (Lipinski definition) is 1. The molecule has 2 rings (SSSR count). The Morgan fingerprint density at radius 2 is 2.17 bits per heavy atom. The fraction of sp³-hybridized carbons (Fsp3) is 1.00. The second-order valence-corrected chi connectivity index (χ2v) is 3.96. The Labute approximate surface area is 72.5 Å². The molecule has 0 radical (unpaired) electrons. The highest BCUT2D eigenvalue weighted by Gasteiger charge is 2.37. The van der Waals surface area contributed by atoms with E-state index in [-0.39, 0.29) is 18.3 Å². The first kappa shape index (κ1) is 8.45. The van der Waals surface area contributed by atoms with Crippen molar-refractivity contribution in [2.24, 2.45) is 0 Å². The number of hydrogen-bond acceptors (Lipinski definition) is 2. The first-order valence-electron chi connectivity index (χ1n) is 4.77. The molecule has 70 valence electrons. The van der Waals surface area contributed by atoms with Crippen LogP contribution in [0.2, 0.25) is 0 Å². The Bertz CT molecular complexity index is 147. The summed E-state index contributed by atoms with van der Waals surface area (Å²) >= 11 is 0. The SMILES string of the molecule is FCC1CNC2(CCCC2)CO1. The van der Waals surface area contributed by atoms with Crippen molar-refractivity contribution in [2.45, 2.75) is 37.3 Å². The molecule has 2 nitrogen and oxygen atoms in total. The van der Waals surface area contributed by atoms with Crippen molar-refractivity contribution < 1.29 is 9.13 Å². The van der Waals surface area contributed by atoms with E-state index < -0.39 is 0 Å². The van der Waals surface area contributed by atoms with Crippen LogP contribution in [0.5, 0.6) is 0 Å². The third-order valence-electron chi connectivity index (χ3n) is 3.03. The van der Waals surface area contributed by atoms with Crippen molar-refractivity contribution in [3.63, 3.8) is 0 Å². The van der Waals surface area contributed by atoms with E-state index in [4.69, 9.17) is 4.74 Å². The van der Waals surface area contributed by atoms with Gasteiger partial charge in [0.05, 0.1) is 12.7 Å². The molecule has 0 aromatic carbocycles. The van der Waals surface area contributed by atoms with Gasteiger partial charge in [-0.1, -0.05) is 12.8 Å². The summed E-state index contributed by atoms with van der Waals surface area (Å²) in [5.41, 5.74) is 0.214. The van der Waals surface area contributed by atoms with Gasteiger partial charge in [0.2, 0.25) is 0 Å². The topological polar surface area (TPSA) is 21.3 Å². The molecular weight excluding hydrogens is 157 g/mol. The van der Waals surface area contributed by atoms with E-state index in [0.717, 1.165) is 0 Å².